The molecule has 0 bridgehead atoms. The van der Waals surface area contributed by atoms with Crippen LogP contribution in [-0.4, -0.2) is 59.7 Å². The van der Waals surface area contributed by atoms with E-state index in [0.29, 0.717) is 29.4 Å². The highest BCUT2D eigenvalue weighted by atomic mass is 35.5. The summed E-state index contributed by atoms with van der Waals surface area (Å²) >= 11 is 5.95. The van der Waals surface area contributed by atoms with Crippen molar-refractivity contribution in [3.8, 4) is 5.75 Å². The Hall–Kier alpha value is -2.97. The van der Waals surface area contributed by atoms with Crippen LogP contribution in [-0.2, 0) is 27.3 Å². The zero-order chi connectivity index (χ0) is 23.3. The van der Waals surface area contributed by atoms with Crippen molar-refractivity contribution in [3.05, 3.63) is 64.4 Å². The number of ether oxygens (including phenoxy) is 1. The molecule has 9 heteroatoms. The first-order valence-corrected chi connectivity index (χ1v) is 10.5. The molecule has 1 heterocycles. The second kappa shape index (κ2) is 10.6. The Balaban J connectivity index is 1.67. The van der Waals surface area contributed by atoms with Crippen molar-refractivity contribution >= 4 is 29.7 Å². The molecule has 32 heavy (non-hydrogen) atoms. The molecule has 1 fully saturated rings. The van der Waals surface area contributed by atoms with Gasteiger partial charge in [-0.25, -0.2) is 4.39 Å². The molecule has 1 saturated heterocycles. The first kappa shape index (κ1) is 23.7. The number of carbonyl (C=O) groups is 2. The number of nitrogens with two attached hydrogens (primary N) is 1. The monoisotopic (exact) mass is 460 g/mol. The first-order chi connectivity index (χ1) is 15.3. The number of rotatable bonds is 8. The molecule has 2 amide bonds. The van der Waals surface area contributed by atoms with Crippen LogP contribution in [0.3, 0.4) is 0 Å². The normalized spacial score (nSPS) is 18.9. The molecular weight excluding hydrogens is 437 g/mol. The molecule has 7 nitrogen and oxygen atoms in total. The summed E-state index contributed by atoms with van der Waals surface area (Å²) in [5, 5.41) is 0.448. The zero-order valence-corrected chi connectivity index (χ0v) is 18.3. The molecular formula is C23H24ClFN3O4. The predicted molar refractivity (Wildman–Crippen MR) is 117 cm³/mol. The highest BCUT2D eigenvalue weighted by molar-refractivity contribution is 6.30. The summed E-state index contributed by atoms with van der Waals surface area (Å²) in [6, 6.07) is 9.95. The SMILES string of the molecule is C[C@@H]1CN(Cc2ccc(F)cc2)[C@H](C(N)=O)CN1C(=O)COc1ccc(Cl)cc1C[C]=O. The minimum Gasteiger partial charge on any atom is -0.483 e. The van der Waals surface area contributed by atoms with E-state index in [1.807, 2.05) is 11.8 Å². The Labute approximate surface area is 190 Å². The smallest absolute Gasteiger partial charge is 0.260 e. The van der Waals surface area contributed by atoms with E-state index in [4.69, 9.17) is 22.1 Å². The number of hydrogen-bond acceptors (Lipinski definition) is 5. The van der Waals surface area contributed by atoms with E-state index < -0.39 is 11.9 Å². The van der Waals surface area contributed by atoms with Gasteiger partial charge >= 0.3 is 0 Å². The Morgan fingerprint density at radius 3 is 2.59 bits per heavy atom. The fourth-order valence-corrected chi connectivity index (χ4v) is 3.99. The number of hydrogen-bond donors (Lipinski definition) is 1. The number of nitrogens with zero attached hydrogens (tertiary/aromatic N) is 2. The van der Waals surface area contributed by atoms with Crippen molar-refractivity contribution in [3.63, 3.8) is 0 Å². The Kier molecular flexibility index (Phi) is 7.82. The van der Waals surface area contributed by atoms with E-state index in [1.54, 1.807) is 41.5 Å². The molecule has 0 aliphatic carbocycles. The number of benzene rings is 2. The third-order valence-electron chi connectivity index (χ3n) is 5.43. The maximum absolute atomic E-state index is 13.2. The van der Waals surface area contributed by atoms with Crippen molar-refractivity contribution in [1.82, 2.24) is 9.80 Å². The maximum Gasteiger partial charge on any atom is 0.260 e. The summed E-state index contributed by atoms with van der Waals surface area (Å²) in [7, 11) is 0. The lowest BCUT2D eigenvalue weighted by Crippen LogP contribution is -2.62. The topological polar surface area (TPSA) is 92.9 Å². The van der Waals surface area contributed by atoms with Gasteiger partial charge in [0.15, 0.2) is 6.61 Å². The van der Waals surface area contributed by atoms with Gasteiger partial charge in [-0.1, -0.05) is 23.7 Å². The third kappa shape index (κ3) is 5.83. The molecule has 2 N–H and O–H groups in total. The van der Waals surface area contributed by atoms with E-state index in [-0.39, 0.29) is 37.3 Å². The summed E-state index contributed by atoms with van der Waals surface area (Å²) in [6.45, 7) is 2.56. The van der Waals surface area contributed by atoms with Gasteiger partial charge < -0.3 is 15.4 Å². The lowest BCUT2D eigenvalue weighted by atomic mass is 10.0. The van der Waals surface area contributed by atoms with Crippen LogP contribution in [0.5, 0.6) is 5.75 Å². The van der Waals surface area contributed by atoms with Gasteiger partial charge in [0.05, 0.1) is 0 Å². The van der Waals surface area contributed by atoms with Crippen LogP contribution < -0.4 is 10.5 Å². The fraction of sp³-hybridized carbons (Fsp3) is 0.348. The molecule has 1 aliphatic rings. The zero-order valence-electron chi connectivity index (χ0n) is 17.6. The Bertz CT molecular complexity index is 986. The highest BCUT2D eigenvalue weighted by Crippen LogP contribution is 2.24. The summed E-state index contributed by atoms with van der Waals surface area (Å²) in [6.07, 6.45) is 1.79. The molecule has 0 saturated carbocycles. The van der Waals surface area contributed by atoms with Crippen molar-refractivity contribution in [2.75, 3.05) is 19.7 Å². The molecule has 0 unspecified atom stereocenters. The summed E-state index contributed by atoms with van der Waals surface area (Å²) in [4.78, 5) is 39.2. The van der Waals surface area contributed by atoms with E-state index in [9.17, 15) is 18.8 Å². The van der Waals surface area contributed by atoms with E-state index in [0.717, 1.165) is 5.56 Å². The molecule has 2 atom stereocenters. The van der Waals surface area contributed by atoms with E-state index in [1.165, 1.54) is 12.1 Å². The lowest BCUT2D eigenvalue weighted by Gasteiger charge is -2.44. The van der Waals surface area contributed by atoms with Crippen molar-refractivity contribution in [2.24, 2.45) is 5.73 Å². The van der Waals surface area contributed by atoms with Gasteiger partial charge in [-0.2, -0.15) is 0 Å². The molecule has 0 aromatic heterocycles. The van der Waals surface area contributed by atoms with Crippen molar-refractivity contribution in [2.45, 2.75) is 32.0 Å². The van der Waals surface area contributed by atoms with Gasteiger partial charge in [-0.3, -0.25) is 19.3 Å². The second-order valence-electron chi connectivity index (χ2n) is 7.73. The minimum absolute atomic E-state index is 0.00764. The van der Waals surface area contributed by atoms with Gasteiger partial charge in [0.2, 0.25) is 12.2 Å². The van der Waals surface area contributed by atoms with Crippen LogP contribution in [0.2, 0.25) is 5.02 Å². The number of amides is 2. The number of carbonyl (C=O) groups excluding carboxylic acids is 3. The summed E-state index contributed by atoms with van der Waals surface area (Å²) < 4.78 is 18.8. The fourth-order valence-electron chi connectivity index (χ4n) is 3.79. The van der Waals surface area contributed by atoms with Crippen LogP contribution in [0.4, 0.5) is 4.39 Å². The van der Waals surface area contributed by atoms with Crippen LogP contribution in [0, 0.1) is 5.82 Å². The van der Waals surface area contributed by atoms with Crippen molar-refractivity contribution in [1.29, 1.82) is 0 Å². The van der Waals surface area contributed by atoms with Gasteiger partial charge in [0.1, 0.15) is 17.6 Å². The Morgan fingerprint density at radius 1 is 1.22 bits per heavy atom. The molecule has 2 aromatic rings. The van der Waals surface area contributed by atoms with Crippen LogP contribution in [0.15, 0.2) is 42.5 Å². The van der Waals surface area contributed by atoms with E-state index in [2.05, 4.69) is 0 Å². The Morgan fingerprint density at radius 2 is 1.94 bits per heavy atom. The summed E-state index contributed by atoms with van der Waals surface area (Å²) in [5.41, 5.74) is 6.99. The predicted octanol–water partition coefficient (Wildman–Crippen LogP) is 2.10. The highest BCUT2D eigenvalue weighted by Gasteiger charge is 2.37. The largest absolute Gasteiger partial charge is 0.483 e. The minimum atomic E-state index is -0.684. The number of piperazine rings is 1. The first-order valence-electron chi connectivity index (χ1n) is 10.1. The van der Waals surface area contributed by atoms with Crippen LogP contribution >= 0.6 is 11.6 Å². The van der Waals surface area contributed by atoms with Crippen molar-refractivity contribution < 1.29 is 23.5 Å². The molecule has 0 spiro atoms. The molecule has 169 valence electrons. The number of halogens is 2. The van der Waals surface area contributed by atoms with Gasteiger partial charge in [-0.15, -0.1) is 0 Å². The standard InChI is InChI=1S/C23H24ClFN3O4/c1-15-11-27(12-16-2-5-19(25)6-3-16)20(23(26)31)13-28(15)22(30)14-32-21-7-4-18(24)10-17(21)8-9-29/h2-7,10,15,20H,8,11-14H2,1H3,(H2,26,31)/t15-,20+/m1/s1. The van der Waals surface area contributed by atoms with Gasteiger partial charge in [-0.05, 0) is 42.8 Å². The third-order valence-corrected chi connectivity index (χ3v) is 5.66. The molecule has 1 radical (unpaired) electrons. The average Bonchev–Trinajstić information content (AvgIpc) is 2.74. The quantitative estimate of drug-likeness (QED) is 0.651. The average molecular weight is 461 g/mol. The number of primary amides is 1. The molecule has 3 rings (SSSR count). The maximum atomic E-state index is 13.2. The molecule has 1 aliphatic heterocycles. The van der Waals surface area contributed by atoms with Gasteiger partial charge in [0.25, 0.3) is 5.91 Å². The lowest BCUT2D eigenvalue weighted by molar-refractivity contribution is -0.142. The second-order valence-corrected chi connectivity index (χ2v) is 8.17. The summed E-state index contributed by atoms with van der Waals surface area (Å²) in [5.74, 6) is -0.806. The molecule has 2 aromatic carbocycles. The van der Waals surface area contributed by atoms with Gasteiger partial charge in [0, 0.05) is 42.7 Å². The van der Waals surface area contributed by atoms with Crippen LogP contribution in [0.25, 0.3) is 0 Å². The van der Waals surface area contributed by atoms with Crippen LogP contribution in [0.1, 0.15) is 18.1 Å². The van der Waals surface area contributed by atoms with E-state index >= 15 is 0 Å².